The molecule has 2 nitrogen and oxygen atoms in total. The topological polar surface area (TPSA) is 26.3 Å². The third-order valence-corrected chi connectivity index (χ3v) is 4.77. The lowest BCUT2D eigenvalue weighted by Crippen LogP contribution is -2.19. The summed E-state index contributed by atoms with van der Waals surface area (Å²) >= 11 is 1.66. The summed E-state index contributed by atoms with van der Waals surface area (Å²) in [7, 11) is 0. The minimum Gasteiger partial charge on any atom is -0.465 e. The van der Waals surface area contributed by atoms with Gasteiger partial charge in [-0.1, -0.05) is 74.6 Å². The lowest BCUT2D eigenvalue weighted by Gasteiger charge is -2.11. The number of unbranched alkanes of at least 4 members (excludes halogenated alkanes) is 1. The van der Waals surface area contributed by atoms with Crippen LogP contribution < -0.4 is 0 Å². The van der Waals surface area contributed by atoms with Crippen LogP contribution in [0.4, 0.5) is 0 Å². The second-order valence-electron chi connectivity index (χ2n) is 5.98. The Labute approximate surface area is 171 Å². The largest absolute Gasteiger partial charge is 0.465 e. The van der Waals surface area contributed by atoms with E-state index in [1.165, 1.54) is 0 Å². The molecule has 0 spiro atoms. The Morgan fingerprint density at radius 2 is 1.30 bits per heavy atom. The van der Waals surface area contributed by atoms with Crippen LogP contribution in [-0.2, 0) is 9.53 Å². The lowest BCUT2D eigenvalue weighted by molar-refractivity contribution is -0.142. The van der Waals surface area contributed by atoms with Crippen molar-refractivity contribution >= 4 is 17.7 Å². The molecule has 0 N–H and O–H groups in total. The average Bonchev–Trinajstić information content (AvgIpc) is 2.67. The van der Waals surface area contributed by atoms with Gasteiger partial charge in [0.05, 0.1) is 6.61 Å². The predicted octanol–water partition coefficient (Wildman–Crippen LogP) is 7.20. The molecule has 0 aromatic carbocycles. The smallest absolute Gasteiger partial charge is 0.319 e. The summed E-state index contributed by atoms with van der Waals surface area (Å²) < 4.78 is 5.12. The van der Waals surface area contributed by atoms with Gasteiger partial charge in [-0.25, -0.2) is 0 Å². The van der Waals surface area contributed by atoms with Crippen molar-refractivity contribution in [2.45, 2.75) is 71.0 Å². The van der Waals surface area contributed by atoms with E-state index >= 15 is 0 Å². The highest BCUT2D eigenvalue weighted by Gasteiger charge is 2.17. The van der Waals surface area contributed by atoms with Crippen molar-refractivity contribution < 1.29 is 9.53 Å². The molecule has 0 fully saturated rings. The molecule has 152 valence electrons. The maximum Gasteiger partial charge on any atom is 0.319 e. The van der Waals surface area contributed by atoms with Crippen LogP contribution in [0.25, 0.3) is 0 Å². The van der Waals surface area contributed by atoms with Gasteiger partial charge >= 0.3 is 5.97 Å². The molecule has 0 amide bonds. The Kier molecular flexibility index (Phi) is 19.7. The number of rotatable bonds is 16. The summed E-state index contributed by atoms with van der Waals surface area (Å²) in [4.78, 5) is 11.8. The van der Waals surface area contributed by atoms with E-state index in [1.54, 1.807) is 11.8 Å². The van der Waals surface area contributed by atoms with Crippen molar-refractivity contribution in [2.75, 3.05) is 12.4 Å². The maximum absolute atomic E-state index is 11.8. The van der Waals surface area contributed by atoms with E-state index < -0.39 is 0 Å². The summed E-state index contributed by atoms with van der Waals surface area (Å²) in [6.45, 7) is 6.53. The predicted molar refractivity (Wildman–Crippen MR) is 122 cm³/mol. The van der Waals surface area contributed by atoms with Gasteiger partial charge in [0.25, 0.3) is 0 Å². The third kappa shape index (κ3) is 17.7. The van der Waals surface area contributed by atoms with Crippen molar-refractivity contribution in [1.29, 1.82) is 0 Å². The van der Waals surface area contributed by atoms with E-state index in [0.29, 0.717) is 6.61 Å². The van der Waals surface area contributed by atoms with Crippen LogP contribution in [0.15, 0.2) is 60.8 Å². The van der Waals surface area contributed by atoms with Crippen LogP contribution >= 0.6 is 11.8 Å². The Morgan fingerprint density at radius 3 is 1.81 bits per heavy atom. The van der Waals surface area contributed by atoms with E-state index in [4.69, 9.17) is 4.74 Å². The van der Waals surface area contributed by atoms with Gasteiger partial charge in [-0.15, -0.1) is 11.8 Å². The highest BCUT2D eigenvalue weighted by molar-refractivity contribution is 8.00. The Morgan fingerprint density at radius 1 is 0.778 bits per heavy atom. The number of ether oxygens (including phenoxy) is 1. The molecule has 0 aromatic heterocycles. The van der Waals surface area contributed by atoms with Gasteiger partial charge in [-0.2, -0.15) is 0 Å². The number of hydrogen-bond acceptors (Lipinski definition) is 3. The molecule has 0 aliphatic heterocycles. The summed E-state index contributed by atoms with van der Waals surface area (Å²) in [5.41, 5.74) is 0. The zero-order valence-electron chi connectivity index (χ0n) is 17.4. The molecule has 0 rings (SSSR count). The summed E-state index contributed by atoms with van der Waals surface area (Å²) in [6.07, 6.45) is 28.9. The van der Waals surface area contributed by atoms with E-state index in [-0.39, 0.29) is 11.2 Å². The second kappa shape index (κ2) is 20.8. The molecule has 0 aliphatic rings. The zero-order chi connectivity index (χ0) is 20.0. The SMILES string of the molecule is CCC=CCC=CCC=CCC=CCCC=CCC(SCC)C(=O)OCC. The minimum absolute atomic E-state index is 0.0661. The fourth-order valence-electron chi connectivity index (χ4n) is 2.30. The second-order valence-corrected chi connectivity index (χ2v) is 7.46. The van der Waals surface area contributed by atoms with E-state index in [0.717, 1.165) is 50.7 Å². The first-order chi connectivity index (χ1) is 13.3. The van der Waals surface area contributed by atoms with Crippen molar-refractivity contribution in [3.05, 3.63) is 60.8 Å². The molecule has 0 saturated carbocycles. The molecule has 0 bridgehead atoms. The first-order valence-corrected chi connectivity index (χ1v) is 11.3. The minimum atomic E-state index is -0.0899. The van der Waals surface area contributed by atoms with Gasteiger partial charge in [-0.3, -0.25) is 4.79 Å². The van der Waals surface area contributed by atoms with Gasteiger partial charge in [-0.05, 0) is 57.6 Å². The number of carbonyl (C=O) groups excluding carboxylic acids is 1. The molecule has 1 atom stereocenters. The van der Waals surface area contributed by atoms with Crippen LogP contribution in [0.3, 0.4) is 0 Å². The van der Waals surface area contributed by atoms with E-state index in [1.807, 2.05) is 6.92 Å². The van der Waals surface area contributed by atoms with Gasteiger partial charge in [0.2, 0.25) is 0 Å². The number of allylic oxidation sites excluding steroid dienone is 10. The number of carbonyl (C=O) groups is 1. The lowest BCUT2D eigenvalue weighted by atomic mass is 10.2. The Bertz CT molecular complexity index is 487. The van der Waals surface area contributed by atoms with Crippen LogP contribution in [0.1, 0.15) is 65.7 Å². The molecule has 1 unspecified atom stereocenters. The summed E-state index contributed by atoms with van der Waals surface area (Å²) in [6, 6.07) is 0. The van der Waals surface area contributed by atoms with Gasteiger partial charge < -0.3 is 4.74 Å². The molecule has 0 saturated heterocycles. The Hall–Kier alpha value is -1.48. The molecule has 0 heterocycles. The van der Waals surface area contributed by atoms with Crippen molar-refractivity contribution in [3.8, 4) is 0 Å². The van der Waals surface area contributed by atoms with Crippen LogP contribution in [0.5, 0.6) is 0 Å². The molecular formula is C24H38O2S. The highest BCUT2D eigenvalue weighted by atomic mass is 32.2. The molecule has 27 heavy (non-hydrogen) atoms. The first-order valence-electron chi connectivity index (χ1n) is 10.3. The number of thioether (sulfide) groups is 1. The fourth-order valence-corrected chi connectivity index (χ4v) is 3.15. The quantitative estimate of drug-likeness (QED) is 0.158. The molecule has 3 heteroatoms. The average molecular weight is 391 g/mol. The summed E-state index contributed by atoms with van der Waals surface area (Å²) in [5.74, 6) is 0.840. The van der Waals surface area contributed by atoms with Gasteiger partial charge in [0, 0.05) is 0 Å². The first kappa shape index (κ1) is 25.5. The van der Waals surface area contributed by atoms with E-state index in [2.05, 4.69) is 74.6 Å². The van der Waals surface area contributed by atoms with Crippen molar-refractivity contribution in [1.82, 2.24) is 0 Å². The third-order valence-electron chi connectivity index (χ3n) is 3.65. The van der Waals surface area contributed by atoms with Crippen molar-refractivity contribution in [3.63, 3.8) is 0 Å². The van der Waals surface area contributed by atoms with Gasteiger partial charge in [0.15, 0.2) is 0 Å². The van der Waals surface area contributed by atoms with Gasteiger partial charge in [0.1, 0.15) is 5.25 Å². The van der Waals surface area contributed by atoms with Crippen molar-refractivity contribution in [2.24, 2.45) is 0 Å². The number of hydrogen-bond donors (Lipinski definition) is 0. The monoisotopic (exact) mass is 390 g/mol. The summed E-state index contributed by atoms with van der Waals surface area (Å²) in [5, 5.41) is -0.0661. The molecule has 0 aromatic rings. The number of esters is 1. The molecule has 0 aliphatic carbocycles. The highest BCUT2D eigenvalue weighted by Crippen LogP contribution is 2.17. The fraction of sp³-hybridized carbons (Fsp3) is 0.542. The maximum atomic E-state index is 11.8. The zero-order valence-corrected chi connectivity index (χ0v) is 18.3. The normalized spacial score (nSPS) is 13.7. The molecular weight excluding hydrogens is 352 g/mol. The van der Waals surface area contributed by atoms with Crippen LogP contribution in [0.2, 0.25) is 0 Å². The van der Waals surface area contributed by atoms with Crippen LogP contribution in [0, 0.1) is 0 Å². The van der Waals surface area contributed by atoms with E-state index in [9.17, 15) is 4.79 Å². The standard InChI is InChI=1S/C24H38O2S/c1-4-7-8-9-10-11-12-13-14-15-16-17-18-19-20-21-22-23(27-6-3)24(25)26-5-2/h7-8,10-11,13-14,16-17,20-21,23H,4-6,9,12,15,18-19,22H2,1-3H3. The molecule has 0 radical (unpaired) electrons. The Balaban J connectivity index is 3.78. The van der Waals surface area contributed by atoms with Crippen LogP contribution in [-0.4, -0.2) is 23.6 Å².